The van der Waals surface area contributed by atoms with Gasteiger partial charge in [-0.25, -0.2) is 9.67 Å². The molecular formula is C21H15BrN4O2S. The Hall–Kier alpha value is -3.10. The van der Waals surface area contributed by atoms with E-state index in [1.807, 2.05) is 65.3 Å². The van der Waals surface area contributed by atoms with Crippen LogP contribution >= 0.6 is 27.3 Å². The highest BCUT2D eigenvalue weighted by atomic mass is 79.9. The Kier molecular flexibility index (Phi) is 5.64. The van der Waals surface area contributed by atoms with Crippen LogP contribution in [0.25, 0.3) is 10.6 Å². The number of hydrogen-bond acceptors (Lipinski definition) is 5. The van der Waals surface area contributed by atoms with Crippen LogP contribution in [-0.4, -0.2) is 14.7 Å². The largest absolute Gasteiger partial charge is 0.270 e. The summed E-state index contributed by atoms with van der Waals surface area (Å²) in [6.07, 6.45) is 0. The number of nitro groups is 1. The van der Waals surface area contributed by atoms with Crippen molar-refractivity contribution in [3.05, 3.63) is 104 Å². The van der Waals surface area contributed by atoms with Crippen molar-refractivity contribution in [1.29, 1.82) is 0 Å². The van der Waals surface area contributed by atoms with Crippen molar-refractivity contribution in [3.63, 3.8) is 0 Å². The van der Waals surface area contributed by atoms with Gasteiger partial charge in [0.05, 0.1) is 17.2 Å². The van der Waals surface area contributed by atoms with Crippen LogP contribution in [0.15, 0.2) is 88.3 Å². The maximum atomic E-state index is 11.1. The average Bonchev–Trinajstić information content (AvgIpc) is 3.11. The highest BCUT2D eigenvalue weighted by Gasteiger charge is 2.12. The Morgan fingerprint density at radius 1 is 1.03 bits per heavy atom. The fraction of sp³-hybridized carbons (Fsp3) is 0.0476. The molecule has 0 aliphatic heterocycles. The molecule has 1 heterocycles. The normalized spacial score (nSPS) is 11.6. The standard InChI is InChI=1S/C21H15BrN4O2S/c22-17-9-5-10-18(13-17)23-21-25(14-15-6-2-1-3-7-15)24-20(29-21)16-8-4-11-19(12-16)26(27)28/h1-13H,14H2. The van der Waals surface area contributed by atoms with Crippen molar-refractivity contribution in [2.75, 3.05) is 0 Å². The van der Waals surface area contributed by atoms with E-state index in [1.165, 1.54) is 23.5 Å². The Balaban J connectivity index is 1.82. The molecule has 0 N–H and O–H groups in total. The highest BCUT2D eigenvalue weighted by Crippen LogP contribution is 2.25. The smallest absolute Gasteiger partial charge is 0.258 e. The Morgan fingerprint density at radius 3 is 2.59 bits per heavy atom. The van der Waals surface area contributed by atoms with Crippen LogP contribution in [0.5, 0.6) is 0 Å². The molecule has 29 heavy (non-hydrogen) atoms. The molecule has 0 unspecified atom stereocenters. The van der Waals surface area contributed by atoms with Gasteiger partial charge in [0.15, 0.2) is 0 Å². The van der Waals surface area contributed by atoms with Crippen molar-refractivity contribution < 1.29 is 4.92 Å². The summed E-state index contributed by atoms with van der Waals surface area (Å²) in [6.45, 7) is 0.555. The van der Waals surface area contributed by atoms with E-state index in [0.29, 0.717) is 21.9 Å². The van der Waals surface area contributed by atoms with Gasteiger partial charge in [0.1, 0.15) is 5.01 Å². The minimum Gasteiger partial charge on any atom is -0.258 e. The molecule has 4 aromatic rings. The maximum Gasteiger partial charge on any atom is 0.270 e. The summed E-state index contributed by atoms with van der Waals surface area (Å²) < 4.78 is 2.77. The molecule has 0 fully saturated rings. The summed E-state index contributed by atoms with van der Waals surface area (Å²) in [5.74, 6) is 0. The predicted octanol–water partition coefficient (Wildman–Crippen LogP) is 5.56. The first-order chi connectivity index (χ1) is 14.1. The van der Waals surface area contributed by atoms with E-state index in [1.54, 1.807) is 6.07 Å². The summed E-state index contributed by atoms with van der Waals surface area (Å²) in [4.78, 5) is 16.2. The van der Waals surface area contributed by atoms with Crippen molar-refractivity contribution in [3.8, 4) is 10.6 Å². The van der Waals surface area contributed by atoms with Gasteiger partial charge in [-0.2, -0.15) is 5.10 Å². The number of halogens is 1. The topological polar surface area (TPSA) is 73.3 Å². The van der Waals surface area contributed by atoms with E-state index in [2.05, 4.69) is 15.9 Å². The number of aromatic nitrogens is 2. The lowest BCUT2D eigenvalue weighted by atomic mass is 10.2. The second-order valence-electron chi connectivity index (χ2n) is 6.23. The summed E-state index contributed by atoms with van der Waals surface area (Å²) in [6, 6.07) is 24.2. The number of benzene rings is 3. The van der Waals surface area contributed by atoms with E-state index in [-0.39, 0.29) is 5.69 Å². The van der Waals surface area contributed by atoms with Crippen molar-refractivity contribution in [2.45, 2.75) is 6.54 Å². The second-order valence-corrected chi connectivity index (χ2v) is 8.10. The van der Waals surface area contributed by atoms with Gasteiger partial charge in [0.25, 0.3) is 5.69 Å². The first-order valence-corrected chi connectivity index (χ1v) is 10.4. The number of nitrogens with zero attached hydrogens (tertiary/aromatic N) is 4. The molecule has 4 rings (SSSR count). The average molecular weight is 467 g/mol. The number of rotatable bonds is 5. The fourth-order valence-electron chi connectivity index (χ4n) is 2.78. The predicted molar refractivity (Wildman–Crippen MR) is 117 cm³/mol. The molecule has 144 valence electrons. The van der Waals surface area contributed by atoms with Gasteiger partial charge in [0.2, 0.25) is 4.80 Å². The van der Waals surface area contributed by atoms with Gasteiger partial charge < -0.3 is 0 Å². The maximum absolute atomic E-state index is 11.1. The van der Waals surface area contributed by atoms with Crippen LogP contribution in [0.4, 0.5) is 11.4 Å². The molecule has 0 radical (unpaired) electrons. The van der Waals surface area contributed by atoms with Crippen LogP contribution in [0.3, 0.4) is 0 Å². The monoisotopic (exact) mass is 466 g/mol. The van der Waals surface area contributed by atoms with Gasteiger partial charge >= 0.3 is 0 Å². The summed E-state index contributed by atoms with van der Waals surface area (Å²) in [7, 11) is 0. The molecule has 0 saturated carbocycles. The van der Waals surface area contributed by atoms with Crippen LogP contribution in [0.1, 0.15) is 5.56 Å². The number of hydrogen-bond donors (Lipinski definition) is 0. The molecule has 0 bridgehead atoms. The van der Waals surface area contributed by atoms with Crippen molar-refractivity contribution in [2.24, 2.45) is 4.99 Å². The molecule has 1 aromatic heterocycles. The third-order valence-corrected chi connectivity index (χ3v) is 5.62. The number of non-ortho nitro benzene ring substituents is 1. The first kappa shape index (κ1) is 19.2. The zero-order valence-electron chi connectivity index (χ0n) is 15.1. The van der Waals surface area contributed by atoms with E-state index in [9.17, 15) is 10.1 Å². The second kappa shape index (κ2) is 8.50. The molecule has 0 saturated heterocycles. The fourth-order valence-corrected chi connectivity index (χ4v) is 4.08. The Bertz CT molecular complexity index is 1230. The van der Waals surface area contributed by atoms with Crippen molar-refractivity contribution in [1.82, 2.24) is 9.78 Å². The Labute approximate surface area is 179 Å². The van der Waals surface area contributed by atoms with E-state index in [4.69, 9.17) is 10.1 Å². The van der Waals surface area contributed by atoms with Gasteiger partial charge in [0, 0.05) is 22.2 Å². The minimum absolute atomic E-state index is 0.0396. The summed E-state index contributed by atoms with van der Waals surface area (Å²) in [5.41, 5.74) is 2.63. The lowest BCUT2D eigenvalue weighted by molar-refractivity contribution is -0.384. The lowest BCUT2D eigenvalue weighted by Gasteiger charge is -2.02. The third kappa shape index (κ3) is 4.67. The Morgan fingerprint density at radius 2 is 1.83 bits per heavy atom. The SMILES string of the molecule is O=[N+]([O-])c1cccc(-c2nn(Cc3ccccc3)c(=Nc3cccc(Br)c3)s2)c1. The van der Waals surface area contributed by atoms with Gasteiger partial charge in [-0.05, 0) is 23.8 Å². The zero-order chi connectivity index (χ0) is 20.2. The van der Waals surface area contributed by atoms with Crippen molar-refractivity contribution >= 4 is 38.6 Å². The molecule has 0 aliphatic rings. The van der Waals surface area contributed by atoms with Gasteiger partial charge in [-0.15, -0.1) is 0 Å². The molecule has 6 nitrogen and oxygen atoms in total. The van der Waals surface area contributed by atoms with E-state index >= 15 is 0 Å². The molecule has 8 heteroatoms. The summed E-state index contributed by atoms with van der Waals surface area (Å²) in [5, 5.41) is 16.5. The molecule has 3 aromatic carbocycles. The molecule has 0 amide bonds. The van der Waals surface area contributed by atoms with E-state index in [0.717, 1.165) is 15.7 Å². The van der Waals surface area contributed by atoms with Gasteiger partial charge in [-0.3, -0.25) is 10.1 Å². The minimum atomic E-state index is -0.401. The summed E-state index contributed by atoms with van der Waals surface area (Å²) >= 11 is 4.87. The third-order valence-electron chi connectivity index (χ3n) is 4.13. The molecule has 0 spiro atoms. The number of nitro benzene ring substituents is 1. The van der Waals surface area contributed by atoms with Crippen LogP contribution in [-0.2, 0) is 6.54 Å². The quantitative estimate of drug-likeness (QED) is 0.285. The molecule has 0 atom stereocenters. The lowest BCUT2D eigenvalue weighted by Crippen LogP contribution is -2.16. The zero-order valence-corrected chi connectivity index (χ0v) is 17.5. The van der Waals surface area contributed by atoms with E-state index < -0.39 is 4.92 Å². The van der Waals surface area contributed by atoms with Crippen LogP contribution in [0, 0.1) is 10.1 Å². The molecule has 0 aliphatic carbocycles. The van der Waals surface area contributed by atoms with Gasteiger partial charge in [-0.1, -0.05) is 75.8 Å². The van der Waals surface area contributed by atoms with Crippen LogP contribution < -0.4 is 4.80 Å². The van der Waals surface area contributed by atoms with Crippen LogP contribution in [0.2, 0.25) is 0 Å². The molecular weight excluding hydrogens is 452 g/mol. The highest BCUT2D eigenvalue weighted by molar-refractivity contribution is 9.10. The first-order valence-electron chi connectivity index (χ1n) is 8.75.